The Balaban J connectivity index is 3.47. The third-order valence-electron chi connectivity index (χ3n) is 2.45. The van der Waals surface area contributed by atoms with Gasteiger partial charge in [-0.1, -0.05) is 15.9 Å². The average molecular weight is 390 g/mol. The van der Waals surface area contributed by atoms with Crippen LogP contribution in [0.3, 0.4) is 0 Å². The fourth-order valence-electron chi connectivity index (χ4n) is 1.44. The highest BCUT2D eigenvalue weighted by Crippen LogP contribution is 2.54. The molecular formula is C10H5BrF9N. The highest BCUT2D eigenvalue weighted by molar-refractivity contribution is 9.10. The first kappa shape index (κ1) is 17.9. The minimum atomic E-state index is -6.64. The third kappa shape index (κ3) is 3.22. The Morgan fingerprint density at radius 3 is 1.29 bits per heavy atom. The second kappa shape index (κ2) is 5.25. The van der Waals surface area contributed by atoms with Gasteiger partial charge in [0.2, 0.25) is 0 Å². The minimum absolute atomic E-state index is 0.268. The van der Waals surface area contributed by atoms with Crippen molar-refractivity contribution in [3.05, 3.63) is 28.7 Å². The molecule has 21 heavy (non-hydrogen) atoms. The first-order valence-electron chi connectivity index (χ1n) is 4.96. The minimum Gasteiger partial charge on any atom is -0.357 e. The number of rotatable bonds is 2. The zero-order chi connectivity index (χ0) is 16.7. The monoisotopic (exact) mass is 389 g/mol. The molecule has 120 valence electrons. The van der Waals surface area contributed by atoms with Crippen molar-refractivity contribution >= 4 is 21.6 Å². The van der Waals surface area contributed by atoms with Gasteiger partial charge < -0.3 is 5.32 Å². The standard InChI is InChI=1S/C10H5BrF9N/c11-5-1-3-6(4-2-5)21-7(8(12,13)14,9(15,16)17)10(18,19)20/h1-4,21H. The molecular weight excluding hydrogens is 385 g/mol. The van der Waals surface area contributed by atoms with Crippen molar-refractivity contribution in [1.82, 2.24) is 0 Å². The molecule has 1 aromatic carbocycles. The van der Waals surface area contributed by atoms with E-state index in [0.717, 1.165) is 12.1 Å². The van der Waals surface area contributed by atoms with E-state index < -0.39 is 29.8 Å². The molecule has 0 bridgehead atoms. The summed E-state index contributed by atoms with van der Waals surface area (Å²) in [5.74, 6) is 0. The SMILES string of the molecule is FC(F)(F)C(Nc1ccc(Br)cc1)(C(F)(F)F)C(F)(F)F. The van der Waals surface area contributed by atoms with E-state index in [1.54, 1.807) is 0 Å². The predicted octanol–water partition coefficient (Wildman–Crippen LogP) is 5.29. The number of halogens is 10. The predicted molar refractivity (Wildman–Crippen MR) is 58.7 cm³/mol. The zero-order valence-electron chi connectivity index (χ0n) is 9.59. The fraction of sp³-hybridized carbons (Fsp3) is 0.400. The number of hydrogen-bond donors (Lipinski definition) is 1. The average Bonchev–Trinajstić information content (AvgIpc) is 2.22. The Morgan fingerprint density at radius 2 is 1.00 bits per heavy atom. The van der Waals surface area contributed by atoms with Crippen LogP contribution in [0.1, 0.15) is 0 Å². The third-order valence-corrected chi connectivity index (χ3v) is 2.98. The summed E-state index contributed by atoms with van der Waals surface area (Å²) in [4.78, 5) is 0. The van der Waals surface area contributed by atoms with Crippen molar-refractivity contribution in [2.24, 2.45) is 0 Å². The van der Waals surface area contributed by atoms with Gasteiger partial charge in [0.1, 0.15) is 0 Å². The molecule has 0 aliphatic carbocycles. The van der Waals surface area contributed by atoms with Crippen LogP contribution in [0.25, 0.3) is 0 Å². The van der Waals surface area contributed by atoms with Crippen LogP contribution < -0.4 is 5.32 Å². The number of anilines is 1. The molecule has 0 atom stereocenters. The fourth-order valence-corrected chi connectivity index (χ4v) is 1.71. The van der Waals surface area contributed by atoms with Gasteiger partial charge in [0.25, 0.3) is 0 Å². The van der Waals surface area contributed by atoms with Crippen LogP contribution in [0.5, 0.6) is 0 Å². The largest absolute Gasteiger partial charge is 0.429 e. The lowest BCUT2D eigenvalue weighted by Crippen LogP contribution is -2.70. The lowest BCUT2D eigenvalue weighted by Gasteiger charge is -2.39. The molecule has 1 N–H and O–H groups in total. The molecule has 0 aliphatic heterocycles. The van der Waals surface area contributed by atoms with E-state index >= 15 is 0 Å². The van der Waals surface area contributed by atoms with Crippen LogP contribution >= 0.6 is 15.9 Å². The smallest absolute Gasteiger partial charge is 0.357 e. The van der Waals surface area contributed by atoms with Gasteiger partial charge in [-0.15, -0.1) is 0 Å². The lowest BCUT2D eigenvalue weighted by atomic mass is 9.96. The Labute approximate surface area is 120 Å². The first-order valence-corrected chi connectivity index (χ1v) is 5.75. The molecule has 11 heteroatoms. The summed E-state index contributed by atoms with van der Waals surface area (Å²) in [6, 6.07) is 3.30. The van der Waals surface area contributed by atoms with E-state index in [2.05, 4.69) is 15.9 Å². The Hall–Kier alpha value is -1.13. The zero-order valence-corrected chi connectivity index (χ0v) is 11.2. The van der Waals surface area contributed by atoms with E-state index in [1.165, 1.54) is 0 Å². The van der Waals surface area contributed by atoms with Gasteiger partial charge >= 0.3 is 24.1 Å². The lowest BCUT2D eigenvalue weighted by molar-refractivity contribution is -0.370. The Kier molecular flexibility index (Phi) is 4.48. The molecule has 1 nitrogen and oxygen atoms in total. The van der Waals surface area contributed by atoms with E-state index in [9.17, 15) is 39.5 Å². The second-order valence-electron chi connectivity index (χ2n) is 3.88. The van der Waals surface area contributed by atoms with Gasteiger partial charge in [-0.3, -0.25) is 0 Å². The van der Waals surface area contributed by atoms with Crippen LogP contribution in [-0.4, -0.2) is 24.1 Å². The van der Waals surface area contributed by atoms with Crippen molar-refractivity contribution in [2.45, 2.75) is 24.1 Å². The van der Waals surface area contributed by atoms with Gasteiger partial charge in [0.05, 0.1) is 0 Å². The first-order chi connectivity index (χ1) is 9.22. The number of nitrogens with one attached hydrogen (secondary N) is 1. The van der Waals surface area contributed by atoms with Gasteiger partial charge in [-0.2, -0.15) is 39.5 Å². The summed E-state index contributed by atoms with van der Waals surface area (Å²) in [6.07, 6.45) is -19.9. The van der Waals surface area contributed by atoms with Crippen LogP contribution in [-0.2, 0) is 0 Å². The second-order valence-corrected chi connectivity index (χ2v) is 4.79. The molecule has 0 spiro atoms. The van der Waals surface area contributed by atoms with Crippen molar-refractivity contribution < 1.29 is 39.5 Å². The summed E-state index contributed by atoms with van der Waals surface area (Å²) in [5, 5.41) is 0.544. The molecule has 1 rings (SSSR count). The van der Waals surface area contributed by atoms with Gasteiger partial charge in [-0.05, 0) is 24.3 Å². The molecule has 0 aromatic heterocycles. The highest BCUT2D eigenvalue weighted by Gasteiger charge is 2.84. The van der Waals surface area contributed by atoms with Crippen molar-refractivity contribution in [3.8, 4) is 0 Å². The van der Waals surface area contributed by atoms with Gasteiger partial charge in [-0.25, -0.2) is 0 Å². The molecule has 0 amide bonds. The number of benzene rings is 1. The van der Waals surface area contributed by atoms with E-state index in [1.807, 2.05) is 0 Å². The molecule has 0 aliphatic rings. The normalized spacial score (nSPS) is 14.2. The van der Waals surface area contributed by atoms with Crippen molar-refractivity contribution in [1.29, 1.82) is 0 Å². The topological polar surface area (TPSA) is 12.0 Å². The van der Waals surface area contributed by atoms with E-state index in [-0.39, 0.29) is 4.47 Å². The molecule has 0 saturated carbocycles. The van der Waals surface area contributed by atoms with Gasteiger partial charge in [0, 0.05) is 10.2 Å². The molecule has 1 aromatic rings. The van der Waals surface area contributed by atoms with E-state index in [0.29, 0.717) is 17.4 Å². The van der Waals surface area contributed by atoms with Crippen molar-refractivity contribution in [3.63, 3.8) is 0 Å². The highest BCUT2D eigenvalue weighted by atomic mass is 79.9. The van der Waals surface area contributed by atoms with Crippen LogP contribution in [0.4, 0.5) is 45.2 Å². The Bertz CT molecular complexity index is 449. The van der Waals surface area contributed by atoms with Crippen LogP contribution in [0, 0.1) is 0 Å². The molecule has 0 saturated heterocycles. The molecule has 0 fully saturated rings. The maximum atomic E-state index is 12.6. The molecule has 0 radical (unpaired) electrons. The molecule has 0 heterocycles. The quantitative estimate of drug-likeness (QED) is 0.678. The summed E-state index contributed by atoms with van der Waals surface area (Å²) >= 11 is 2.85. The van der Waals surface area contributed by atoms with Crippen LogP contribution in [0.15, 0.2) is 28.7 Å². The number of alkyl halides is 9. The number of hydrogen-bond acceptors (Lipinski definition) is 1. The summed E-state index contributed by atoms with van der Waals surface area (Å²) < 4.78 is 114. The summed E-state index contributed by atoms with van der Waals surface area (Å²) in [6.45, 7) is 0. The maximum absolute atomic E-state index is 12.6. The summed E-state index contributed by atoms with van der Waals surface area (Å²) in [5.41, 5.74) is -7.04. The van der Waals surface area contributed by atoms with Crippen molar-refractivity contribution in [2.75, 3.05) is 5.32 Å². The van der Waals surface area contributed by atoms with E-state index in [4.69, 9.17) is 0 Å². The van der Waals surface area contributed by atoms with Crippen LogP contribution in [0.2, 0.25) is 0 Å². The van der Waals surface area contributed by atoms with Gasteiger partial charge in [0.15, 0.2) is 0 Å². The summed E-state index contributed by atoms with van der Waals surface area (Å²) in [7, 11) is 0. The maximum Gasteiger partial charge on any atom is 0.429 e. The Morgan fingerprint density at radius 1 is 0.667 bits per heavy atom. The molecule has 0 unspecified atom stereocenters.